The molecule has 6 heteroatoms. The van der Waals surface area contributed by atoms with Gasteiger partial charge in [0.1, 0.15) is 0 Å². The van der Waals surface area contributed by atoms with E-state index in [0.717, 1.165) is 5.56 Å². The lowest BCUT2D eigenvalue weighted by Gasteiger charge is -2.15. The van der Waals surface area contributed by atoms with Gasteiger partial charge in [0.05, 0.1) is 12.2 Å². The molecule has 2 aromatic rings. The summed E-state index contributed by atoms with van der Waals surface area (Å²) in [5.41, 5.74) is 1.27. The van der Waals surface area contributed by atoms with Crippen molar-refractivity contribution in [2.75, 3.05) is 13.7 Å². The largest absolute Gasteiger partial charge is 0.383 e. The molecule has 1 aromatic heterocycles. The van der Waals surface area contributed by atoms with Gasteiger partial charge in [0.2, 0.25) is 0 Å². The Balaban J connectivity index is 2.03. The number of carbonyl (C=O) groups excluding carboxylic acids is 1. The summed E-state index contributed by atoms with van der Waals surface area (Å²) < 4.78 is 6.44. The second kappa shape index (κ2) is 8.66. The number of nitrogens with one attached hydrogen (secondary N) is 1. The van der Waals surface area contributed by atoms with Gasteiger partial charge in [-0.1, -0.05) is 29.8 Å². The number of aromatic nitrogens is 1. The Labute approximate surface area is 146 Å². The van der Waals surface area contributed by atoms with Crippen molar-refractivity contribution in [1.82, 2.24) is 9.88 Å². The predicted octanol–water partition coefficient (Wildman–Crippen LogP) is 2.51. The van der Waals surface area contributed by atoms with Crippen LogP contribution in [0.4, 0.5) is 0 Å². The number of amides is 1. The second-order valence-electron chi connectivity index (χ2n) is 5.61. The number of carbonyl (C=O) groups is 1. The van der Waals surface area contributed by atoms with Crippen LogP contribution in [0.5, 0.6) is 0 Å². The number of rotatable bonds is 7. The topological polar surface area (TPSA) is 60.3 Å². The Kier molecular flexibility index (Phi) is 6.58. The van der Waals surface area contributed by atoms with E-state index in [1.165, 1.54) is 16.7 Å². The molecule has 0 unspecified atom stereocenters. The fourth-order valence-corrected chi connectivity index (χ4v) is 2.59. The van der Waals surface area contributed by atoms with Gasteiger partial charge in [0, 0.05) is 37.0 Å². The van der Waals surface area contributed by atoms with Crippen molar-refractivity contribution >= 4 is 17.5 Å². The zero-order chi connectivity index (χ0) is 17.5. The van der Waals surface area contributed by atoms with E-state index in [0.29, 0.717) is 30.2 Å². The summed E-state index contributed by atoms with van der Waals surface area (Å²) in [6.07, 6.45) is 2.19. The average Bonchev–Trinajstić information content (AvgIpc) is 2.56. The Hall–Kier alpha value is -2.11. The second-order valence-corrected chi connectivity index (χ2v) is 6.02. The number of benzene rings is 1. The molecule has 0 spiro atoms. The molecule has 0 bridgehead atoms. The first-order chi connectivity index (χ1) is 11.5. The number of hydrogen-bond donors (Lipinski definition) is 1. The van der Waals surface area contributed by atoms with Crippen LogP contribution in [0.2, 0.25) is 5.02 Å². The summed E-state index contributed by atoms with van der Waals surface area (Å²) in [6.45, 7) is 2.74. The fraction of sp³-hybridized carbons (Fsp3) is 0.333. The van der Waals surface area contributed by atoms with E-state index in [-0.39, 0.29) is 17.5 Å². The van der Waals surface area contributed by atoms with Crippen LogP contribution in [-0.2, 0) is 17.7 Å². The lowest BCUT2D eigenvalue weighted by Crippen LogP contribution is -2.35. The van der Waals surface area contributed by atoms with Crippen molar-refractivity contribution in [3.63, 3.8) is 0 Å². The summed E-state index contributed by atoms with van der Waals surface area (Å²) in [5.74, 6) is -0.222. The van der Waals surface area contributed by atoms with Crippen LogP contribution in [0.1, 0.15) is 22.8 Å². The van der Waals surface area contributed by atoms with Gasteiger partial charge in [-0.25, -0.2) is 0 Å². The lowest BCUT2D eigenvalue weighted by molar-refractivity contribution is 0.0939. The number of pyridine rings is 1. The summed E-state index contributed by atoms with van der Waals surface area (Å²) in [4.78, 5) is 24.1. The number of methoxy groups -OCH3 is 1. The molecule has 1 amide bonds. The molecule has 1 N–H and O–H groups in total. The van der Waals surface area contributed by atoms with E-state index in [9.17, 15) is 9.59 Å². The zero-order valence-corrected chi connectivity index (χ0v) is 14.5. The highest BCUT2D eigenvalue weighted by molar-refractivity contribution is 6.31. The number of nitrogens with zero attached hydrogens (tertiary/aromatic N) is 1. The predicted molar refractivity (Wildman–Crippen MR) is 94.7 cm³/mol. The molecule has 128 valence electrons. The van der Waals surface area contributed by atoms with Crippen LogP contribution in [0.15, 0.2) is 47.4 Å². The molecule has 1 heterocycles. The molecule has 2 rings (SSSR count). The van der Waals surface area contributed by atoms with Crippen LogP contribution in [-0.4, -0.2) is 30.2 Å². The number of halogens is 1. The average molecular weight is 349 g/mol. The summed E-state index contributed by atoms with van der Waals surface area (Å²) in [5, 5.41) is 3.62. The van der Waals surface area contributed by atoms with Crippen molar-refractivity contribution in [3.05, 3.63) is 69.1 Å². The Morgan fingerprint density at radius 2 is 2.04 bits per heavy atom. The highest BCUT2D eigenvalue weighted by Gasteiger charge is 2.12. The van der Waals surface area contributed by atoms with E-state index in [1.807, 2.05) is 31.2 Å². The van der Waals surface area contributed by atoms with Crippen molar-refractivity contribution in [1.29, 1.82) is 0 Å². The molecule has 0 radical (unpaired) electrons. The molecule has 5 nitrogen and oxygen atoms in total. The van der Waals surface area contributed by atoms with Crippen LogP contribution < -0.4 is 10.9 Å². The first-order valence-corrected chi connectivity index (χ1v) is 8.12. The van der Waals surface area contributed by atoms with Crippen LogP contribution >= 0.6 is 11.6 Å². The molecular weight excluding hydrogens is 328 g/mol. The van der Waals surface area contributed by atoms with Gasteiger partial charge in [-0.15, -0.1) is 0 Å². The van der Waals surface area contributed by atoms with Gasteiger partial charge in [0.25, 0.3) is 11.5 Å². The minimum Gasteiger partial charge on any atom is -0.383 e. The summed E-state index contributed by atoms with van der Waals surface area (Å²) >= 11 is 6.15. The van der Waals surface area contributed by atoms with Crippen molar-refractivity contribution in [2.24, 2.45) is 0 Å². The molecule has 0 aliphatic heterocycles. The van der Waals surface area contributed by atoms with Gasteiger partial charge in [0.15, 0.2) is 0 Å². The van der Waals surface area contributed by atoms with Crippen molar-refractivity contribution in [3.8, 4) is 0 Å². The number of ether oxygens (including phenoxy) is 1. The van der Waals surface area contributed by atoms with Gasteiger partial charge >= 0.3 is 0 Å². The maximum absolute atomic E-state index is 12.4. The van der Waals surface area contributed by atoms with Crippen molar-refractivity contribution < 1.29 is 9.53 Å². The van der Waals surface area contributed by atoms with E-state index >= 15 is 0 Å². The van der Waals surface area contributed by atoms with Crippen LogP contribution in [0, 0.1) is 0 Å². The van der Waals surface area contributed by atoms with E-state index in [4.69, 9.17) is 16.3 Å². The SMILES string of the molecule is COCCn1cc(C(=O)N[C@H](C)Cc2ccccc2Cl)ccc1=O. The number of hydrogen-bond acceptors (Lipinski definition) is 3. The smallest absolute Gasteiger partial charge is 0.252 e. The van der Waals surface area contributed by atoms with Gasteiger partial charge in [-0.05, 0) is 31.0 Å². The maximum atomic E-state index is 12.4. The maximum Gasteiger partial charge on any atom is 0.252 e. The minimum absolute atomic E-state index is 0.0863. The van der Waals surface area contributed by atoms with Crippen LogP contribution in [0.3, 0.4) is 0 Å². The van der Waals surface area contributed by atoms with E-state index < -0.39 is 0 Å². The monoisotopic (exact) mass is 348 g/mol. The molecule has 0 saturated carbocycles. The Morgan fingerprint density at radius 1 is 1.29 bits per heavy atom. The molecule has 0 fully saturated rings. The van der Waals surface area contributed by atoms with E-state index in [2.05, 4.69) is 5.32 Å². The normalized spacial score (nSPS) is 12.0. The Morgan fingerprint density at radius 3 is 2.75 bits per heavy atom. The lowest BCUT2D eigenvalue weighted by atomic mass is 10.1. The highest BCUT2D eigenvalue weighted by Crippen LogP contribution is 2.16. The van der Waals surface area contributed by atoms with Gasteiger partial charge in [-0.3, -0.25) is 9.59 Å². The third-order valence-electron chi connectivity index (χ3n) is 3.64. The van der Waals surface area contributed by atoms with Gasteiger partial charge < -0.3 is 14.6 Å². The third kappa shape index (κ3) is 4.94. The molecule has 1 aromatic carbocycles. The molecule has 0 saturated heterocycles. The quantitative estimate of drug-likeness (QED) is 0.836. The molecule has 1 atom stereocenters. The molecular formula is C18H21ClN2O3. The van der Waals surface area contributed by atoms with E-state index in [1.54, 1.807) is 13.3 Å². The standard InChI is InChI=1S/C18H21ClN2O3/c1-13(11-14-5-3-4-6-16(14)19)20-18(23)15-7-8-17(22)21(12-15)9-10-24-2/h3-8,12-13H,9-11H2,1-2H3,(H,20,23)/t13-/m1/s1. The molecule has 24 heavy (non-hydrogen) atoms. The van der Waals surface area contributed by atoms with Crippen LogP contribution in [0.25, 0.3) is 0 Å². The first kappa shape index (κ1) is 18.2. The third-order valence-corrected chi connectivity index (χ3v) is 4.01. The minimum atomic E-state index is -0.222. The summed E-state index contributed by atoms with van der Waals surface area (Å²) in [6, 6.07) is 10.4. The molecule has 0 aliphatic carbocycles. The molecule has 0 aliphatic rings. The van der Waals surface area contributed by atoms with Crippen molar-refractivity contribution in [2.45, 2.75) is 25.9 Å². The fourth-order valence-electron chi connectivity index (χ4n) is 2.38. The highest BCUT2D eigenvalue weighted by atomic mass is 35.5. The van der Waals surface area contributed by atoms with Gasteiger partial charge in [-0.2, -0.15) is 0 Å². The Bertz CT molecular complexity index is 758. The first-order valence-electron chi connectivity index (χ1n) is 7.75. The zero-order valence-electron chi connectivity index (χ0n) is 13.8. The summed E-state index contributed by atoms with van der Waals surface area (Å²) in [7, 11) is 1.57.